The van der Waals surface area contributed by atoms with Crippen LogP contribution in [-0.4, -0.2) is 99.0 Å². The Morgan fingerprint density at radius 3 is 2.08 bits per heavy atom. The Morgan fingerprint density at radius 1 is 0.844 bits per heavy atom. The fourth-order valence-electron chi connectivity index (χ4n) is 9.71. The summed E-state index contributed by atoms with van der Waals surface area (Å²) in [6, 6.07) is 7.64. The van der Waals surface area contributed by atoms with E-state index in [1.807, 2.05) is 6.07 Å². The molecule has 64 heavy (non-hydrogen) atoms. The largest absolute Gasteiger partial charge is 0.492 e. The predicted molar refractivity (Wildman–Crippen MR) is 244 cm³/mol. The van der Waals surface area contributed by atoms with Crippen LogP contribution in [0.5, 0.6) is 11.5 Å². The lowest BCUT2D eigenvalue weighted by molar-refractivity contribution is -0.143. The molecular weight excluding hydrogens is 815 g/mol. The summed E-state index contributed by atoms with van der Waals surface area (Å²) in [7, 11) is 1.49. The van der Waals surface area contributed by atoms with Gasteiger partial charge < -0.3 is 52.8 Å². The van der Waals surface area contributed by atoms with Crippen molar-refractivity contribution < 1.29 is 33.4 Å². The van der Waals surface area contributed by atoms with E-state index in [-0.39, 0.29) is 64.1 Å². The summed E-state index contributed by atoms with van der Waals surface area (Å²) < 4.78 is 12.2. The Balaban J connectivity index is 1.45. The zero-order chi connectivity index (χ0) is 46.2. The molecule has 4 bridgehead atoms. The molecule has 5 rings (SSSR count). The molecular formula is C48H71N9O7. The van der Waals surface area contributed by atoms with Crippen molar-refractivity contribution in [2.24, 2.45) is 40.9 Å². The van der Waals surface area contributed by atoms with Crippen molar-refractivity contribution in [2.45, 2.75) is 121 Å². The minimum atomic E-state index is -1.32. The maximum atomic E-state index is 14.6. The van der Waals surface area contributed by atoms with E-state index in [9.17, 15) is 24.0 Å². The van der Waals surface area contributed by atoms with E-state index in [4.69, 9.17) is 31.9 Å². The number of nitrogens with zero attached hydrogens (tertiary/aromatic N) is 2. The van der Waals surface area contributed by atoms with Crippen molar-refractivity contribution in [3.05, 3.63) is 47.5 Å². The average Bonchev–Trinajstić information content (AvgIpc) is 3.30. The molecule has 5 amide bonds. The lowest BCUT2D eigenvalue weighted by Gasteiger charge is -2.38. The third-order valence-electron chi connectivity index (χ3n) is 13.3. The molecule has 0 unspecified atom stereocenters. The molecule has 0 aromatic heterocycles. The number of likely N-dealkylation sites (N-methyl/N-ethyl adjacent to an activating group) is 1. The number of carbonyl (C=O) groups is 5. The highest BCUT2D eigenvalue weighted by atomic mass is 16.5. The lowest BCUT2D eigenvalue weighted by atomic mass is 9.68. The van der Waals surface area contributed by atoms with E-state index >= 15 is 0 Å². The summed E-state index contributed by atoms with van der Waals surface area (Å²) in [5, 5.41) is 20.2. The van der Waals surface area contributed by atoms with Gasteiger partial charge in [0.2, 0.25) is 29.5 Å². The summed E-state index contributed by atoms with van der Waals surface area (Å²) in [5.41, 5.74) is 19.8. The van der Waals surface area contributed by atoms with E-state index < -0.39 is 47.8 Å². The van der Waals surface area contributed by atoms with Gasteiger partial charge in [-0.05, 0) is 112 Å². The quantitative estimate of drug-likeness (QED) is 0.107. The monoisotopic (exact) mass is 886 g/mol. The Kier molecular flexibility index (Phi) is 19.2. The number of hydrogen-bond donors (Lipinski definition) is 7. The van der Waals surface area contributed by atoms with E-state index in [0.29, 0.717) is 45.6 Å². The summed E-state index contributed by atoms with van der Waals surface area (Å²) in [6.07, 6.45) is 12.7. The van der Waals surface area contributed by atoms with Crippen molar-refractivity contribution in [3.63, 3.8) is 0 Å². The second kappa shape index (κ2) is 24.7. The molecule has 2 fully saturated rings. The Morgan fingerprint density at radius 2 is 1.47 bits per heavy atom. The number of hydrogen-bond acceptors (Lipinski definition) is 11. The second-order valence-electron chi connectivity index (χ2n) is 17.8. The van der Waals surface area contributed by atoms with Crippen LogP contribution >= 0.6 is 0 Å². The van der Waals surface area contributed by atoms with Gasteiger partial charge in [-0.1, -0.05) is 51.2 Å². The first-order chi connectivity index (χ1) is 30.9. The van der Waals surface area contributed by atoms with Gasteiger partial charge in [0.15, 0.2) is 0 Å². The second-order valence-corrected chi connectivity index (χ2v) is 17.8. The maximum Gasteiger partial charge on any atom is 0.248 e. The molecule has 1 aliphatic heterocycles. The van der Waals surface area contributed by atoms with Gasteiger partial charge in [-0.15, -0.1) is 0 Å². The number of carbonyl (C=O) groups excluding carboxylic acids is 5. The highest BCUT2D eigenvalue weighted by Gasteiger charge is 2.38. The van der Waals surface area contributed by atoms with Gasteiger partial charge in [-0.2, -0.15) is 5.26 Å². The highest BCUT2D eigenvalue weighted by molar-refractivity contribution is 5.96. The predicted octanol–water partition coefficient (Wildman–Crippen LogP) is 3.35. The Bertz CT molecular complexity index is 1940. The number of nitrogens with two attached hydrogens (primary N) is 3. The molecule has 16 nitrogen and oxygen atoms in total. The van der Waals surface area contributed by atoms with Gasteiger partial charge in [0.1, 0.15) is 55.4 Å². The number of ether oxygens (including phenoxy) is 2. The zero-order valence-corrected chi connectivity index (χ0v) is 38.0. The van der Waals surface area contributed by atoms with Crippen LogP contribution in [0, 0.1) is 35.0 Å². The highest BCUT2D eigenvalue weighted by Crippen LogP contribution is 2.43. The molecule has 4 atom stereocenters. The van der Waals surface area contributed by atoms with Gasteiger partial charge >= 0.3 is 0 Å². The number of fused-ring (bicyclic) bond motifs is 5. The fourth-order valence-corrected chi connectivity index (χ4v) is 9.71. The van der Waals surface area contributed by atoms with Crippen molar-refractivity contribution in [1.82, 2.24) is 26.2 Å². The molecule has 2 saturated carbocycles. The number of unbranched alkanes of at least 4 members (excludes halogenated alkanes) is 1. The third kappa shape index (κ3) is 13.2. The molecule has 2 aliphatic carbocycles. The van der Waals surface area contributed by atoms with E-state index in [1.54, 1.807) is 36.4 Å². The van der Waals surface area contributed by atoms with Gasteiger partial charge in [-0.25, -0.2) is 0 Å². The Labute approximate surface area is 378 Å². The van der Waals surface area contributed by atoms with Crippen molar-refractivity contribution in [3.8, 4) is 28.7 Å². The molecule has 350 valence electrons. The van der Waals surface area contributed by atoms with E-state index in [2.05, 4.69) is 28.2 Å². The Hall–Kier alpha value is -5.24. The van der Waals surface area contributed by atoms with Gasteiger partial charge in [-0.3, -0.25) is 24.0 Å². The first-order valence-electron chi connectivity index (χ1n) is 23.4. The van der Waals surface area contributed by atoms with Crippen LogP contribution in [0.15, 0.2) is 36.4 Å². The number of amides is 5. The first-order valence-corrected chi connectivity index (χ1v) is 23.4. The van der Waals surface area contributed by atoms with Crippen LogP contribution < -0.4 is 47.9 Å². The molecule has 3 aliphatic rings. The number of rotatable bonds is 18. The average molecular weight is 886 g/mol. The fraction of sp³-hybridized carbons (Fsp3) is 0.625. The van der Waals surface area contributed by atoms with E-state index in [1.165, 1.54) is 63.8 Å². The molecule has 1 heterocycles. The van der Waals surface area contributed by atoms with E-state index in [0.717, 1.165) is 31.6 Å². The van der Waals surface area contributed by atoms with Crippen LogP contribution in [0.25, 0.3) is 11.1 Å². The summed E-state index contributed by atoms with van der Waals surface area (Å²) in [5.74, 6) is 0.142. The topological polar surface area (TPSA) is 257 Å². The maximum absolute atomic E-state index is 14.6. The lowest BCUT2D eigenvalue weighted by Crippen LogP contribution is -2.56. The summed E-state index contributed by atoms with van der Waals surface area (Å²) >= 11 is 0. The molecule has 0 radical (unpaired) electrons. The van der Waals surface area contributed by atoms with Crippen LogP contribution in [0.3, 0.4) is 0 Å². The van der Waals surface area contributed by atoms with Crippen LogP contribution in [0.4, 0.5) is 0 Å². The first kappa shape index (κ1) is 49.8. The molecule has 2 aromatic rings. The summed E-state index contributed by atoms with van der Waals surface area (Å²) in [6.45, 7) is 4.34. The third-order valence-corrected chi connectivity index (χ3v) is 13.3. The normalized spacial score (nSPS) is 24.1. The molecule has 2 aromatic carbocycles. The molecule has 0 saturated heterocycles. The minimum absolute atomic E-state index is 0.0299. The number of nitriles is 1. The van der Waals surface area contributed by atoms with Crippen LogP contribution in [-0.2, 0) is 30.4 Å². The summed E-state index contributed by atoms with van der Waals surface area (Å²) in [4.78, 5) is 71.5. The molecule has 10 N–H and O–H groups in total. The zero-order valence-electron chi connectivity index (χ0n) is 38.0. The van der Waals surface area contributed by atoms with Crippen molar-refractivity contribution in [1.29, 1.82) is 5.26 Å². The number of nitrogens with one attached hydrogen (secondary N) is 4. The van der Waals surface area contributed by atoms with Crippen molar-refractivity contribution in [2.75, 3.05) is 46.4 Å². The number of benzene rings is 2. The minimum Gasteiger partial charge on any atom is -0.492 e. The molecule has 0 spiro atoms. The van der Waals surface area contributed by atoms with Gasteiger partial charge in [0, 0.05) is 43.6 Å². The van der Waals surface area contributed by atoms with Gasteiger partial charge in [0.25, 0.3) is 0 Å². The molecule has 16 heteroatoms. The van der Waals surface area contributed by atoms with Gasteiger partial charge in [0.05, 0.1) is 6.07 Å². The SMILES string of the molecule is CCCCC1CCC(C2CCC(C(=O)N[C@@H](CCN)C(=O)N(C)[C@@H]3C(=O)N[C@@H](C)C(=O)N[C@H](C(=O)NCC#N)Cc4ccc(OCCN)c(c4)-c4cc3ccc4OCCN)CC2)CC1. The van der Waals surface area contributed by atoms with Crippen molar-refractivity contribution >= 4 is 29.5 Å². The van der Waals surface area contributed by atoms with Crippen LogP contribution in [0.1, 0.15) is 108 Å². The standard InChI is InChI=1S/C48H71N9O7/c1-4-5-6-31-7-10-33(11-8-31)34-12-14-35(15-13-34)45(59)55-39(19-20-49)48(62)57(3)43-36-16-18-42(64-26-23-52)38(29-36)37-27-32(9-17-41(37)63-25-22-51)28-40(46(60)53-24-21-50)56-44(58)30(2)54-47(43)61/h9,16-18,27,29-31,33-35,39-40,43H,4-8,10-15,19-20,22-26,28,49,51-52H2,1-3H3,(H,53,60)(H,54,61)(H,55,59)(H,56,58)/t30-,31?,33?,34?,35?,39-,40-,43-/m0/s1. The van der Waals surface area contributed by atoms with Crippen LogP contribution in [0.2, 0.25) is 0 Å². The smallest absolute Gasteiger partial charge is 0.248 e.